The fourth-order valence-electron chi connectivity index (χ4n) is 3.16. The van der Waals surface area contributed by atoms with Gasteiger partial charge in [-0.1, -0.05) is 0 Å². The molecular formula is C17H22N2O4. The van der Waals surface area contributed by atoms with Crippen LogP contribution in [0, 0.1) is 5.92 Å². The molecule has 0 aromatic heterocycles. The molecule has 1 aromatic carbocycles. The predicted molar refractivity (Wildman–Crippen MR) is 84.7 cm³/mol. The Hall–Kier alpha value is -2.08. The first-order valence-corrected chi connectivity index (χ1v) is 8.03. The fourth-order valence-corrected chi connectivity index (χ4v) is 3.16. The van der Waals surface area contributed by atoms with Crippen molar-refractivity contribution in [2.24, 2.45) is 11.7 Å². The van der Waals surface area contributed by atoms with E-state index in [1.165, 1.54) is 0 Å². The van der Waals surface area contributed by atoms with Gasteiger partial charge in [0.05, 0.1) is 6.04 Å². The van der Waals surface area contributed by atoms with Crippen molar-refractivity contribution in [1.29, 1.82) is 0 Å². The van der Waals surface area contributed by atoms with Crippen molar-refractivity contribution in [1.82, 2.24) is 4.90 Å². The number of likely N-dealkylation sites (tertiary alicyclic amines) is 1. The van der Waals surface area contributed by atoms with E-state index in [9.17, 15) is 9.59 Å². The summed E-state index contributed by atoms with van der Waals surface area (Å²) in [7, 11) is 0. The smallest absolute Gasteiger partial charge is 0.234 e. The second-order valence-electron chi connectivity index (χ2n) is 6.11. The van der Waals surface area contributed by atoms with Crippen molar-refractivity contribution >= 4 is 11.7 Å². The SMILES string of the molecule is C[C@@H](C(N)=O)N1CCC(C(=O)c2ccc3c(c2)OCCO3)CC1. The first-order chi connectivity index (χ1) is 11.1. The molecule has 1 amide bonds. The molecule has 0 aliphatic carbocycles. The monoisotopic (exact) mass is 318 g/mol. The number of Topliss-reactive ketones (excluding diaryl/α,β-unsaturated/α-hetero) is 1. The number of nitrogens with two attached hydrogens (primary N) is 1. The first kappa shape index (κ1) is 15.8. The zero-order valence-corrected chi connectivity index (χ0v) is 13.3. The van der Waals surface area contributed by atoms with E-state index in [4.69, 9.17) is 15.2 Å². The summed E-state index contributed by atoms with van der Waals surface area (Å²) in [6, 6.07) is 5.09. The van der Waals surface area contributed by atoms with Crippen LogP contribution in [0.4, 0.5) is 0 Å². The van der Waals surface area contributed by atoms with Gasteiger partial charge in [-0.2, -0.15) is 0 Å². The van der Waals surface area contributed by atoms with Gasteiger partial charge < -0.3 is 15.2 Å². The Morgan fingerprint density at radius 2 is 1.83 bits per heavy atom. The number of amides is 1. The van der Waals surface area contributed by atoms with Crippen molar-refractivity contribution < 1.29 is 19.1 Å². The van der Waals surface area contributed by atoms with Crippen LogP contribution in [0.1, 0.15) is 30.1 Å². The predicted octanol–water partition coefficient (Wildman–Crippen LogP) is 1.23. The summed E-state index contributed by atoms with van der Waals surface area (Å²) in [6.45, 7) is 4.28. The van der Waals surface area contributed by atoms with Crippen LogP contribution in [0.5, 0.6) is 11.5 Å². The highest BCUT2D eigenvalue weighted by molar-refractivity contribution is 5.98. The Bertz CT molecular complexity index is 609. The number of benzene rings is 1. The second kappa shape index (κ2) is 6.58. The van der Waals surface area contributed by atoms with Crippen LogP contribution in [0.25, 0.3) is 0 Å². The minimum atomic E-state index is -0.318. The number of piperidine rings is 1. The zero-order chi connectivity index (χ0) is 16.4. The summed E-state index contributed by atoms with van der Waals surface area (Å²) < 4.78 is 11.0. The standard InChI is InChI=1S/C17H22N2O4/c1-11(17(18)21)19-6-4-12(5-7-19)16(20)13-2-3-14-15(10-13)23-9-8-22-14/h2-3,10-12H,4-9H2,1H3,(H2,18,21)/t11-/m0/s1. The minimum absolute atomic E-state index is 0.0196. The van der Waals surface area contributed by atoms with Gasteiger partial charge in [-0.05, 0) is 51.1 Å². The van der Waals surface area contributed by atoms with Gasteiger partial charge in [0.1, 0.15) is 13.2 Å². The molecule has 1 fully saturated rings. The zero-order valence-electron chi connectivity index (χ0n) is 13.3. The van der Waals surface area contributed by atoms with Gasteiger partial charge >= 0.3 is 0 Å². The molecule has 2 aliphatic heterocycles. The molecule has 6 nitrogen and oxygen atoms in total. The molecule has 2 aliphatic rings. The lowest BCUT2D eigenvalue weighted by atomic mass is 9.88. The maximum absolute atomic E-state index is 12.7. The molecule has 124 valence electrons. The summed E-state index contributed by atoms with van der Waals surface area (Å²) in [5, 5.41) is 0. The number of ether oxygens (including phenoxy) is 2. The third-order valence-corrected chi connectivity index (χ3v) is 4.69. The number of primary amides is 1. The topological polar surface area (TPSA) is 81.9 Å². The molecule has 23 heavy (non-hydrogen) atoms. The molecule has 0 spiro atoms. The van der Waals surface area contributed by atoms with E-state index in [1.807, 2.05) is 11.8 Å². The number of ketones is 1. The lowest BCUT2D eigenvalue weighted by Gasteiger charge is -2.34. The molecule has 1 aromatic rings. The summed E-state index contributed by atoms with van der Waals surface area (Å²) in [5.41, 5.74) is 6.01. The van der Waals surface area contributed by atoms with Crippen molar-refractivity contribution in [3.63, 3.8) is 0 Å². The van der Waals surface area contributed by atoms with Gasteiger partial charge in [-0.25, -0.2) is 0 Å². The number of rotatable bonds is 4. The maximum Gasteiger partial charge on any atom is 0.234 e. The molecule has 1 saturated heterocycles. The first-order valence-electron chi connectivity index (χ1n) is 8.03. The lowest BCUT2D eigenvalue weighted by molar-refractivity contribution is -0.123. The summed E-state index contributed by atoms with van der Waals surface area (Å²) in [6.07, 6.45) is 1.48. The van der Waals surface area contributed by atoms with E-state index in [-0.39, 0.29) is 23.7 Å². The van der Waals surface area contributed by atoms with E-state index < -0.39 is 0 Å². The number of hydrogen-bond acceptors (Lipinski definition) is 5. The van der Waals surface area contributed by atoms with Crippen LogP contribution in [-0.4, -0.2) is 48.9 Å². The van der Waals surface area contributed by atoms with E-state index in [0.717, 1.165) is 12.8 Å². The highest BCUT2D eigenvalue weighted by atomic mass is 16.6. The second-order valence-corrected chi connectivity index (χ2v) is 6.11. The van der Waals surface area contributed by atoms with Gasteiger partial charge in [0.25, 0.3) is 0 Å². The van der Waals surface area contributed by atoms with Gasteiger partial charge in [0.15, 0.2) is 17.3 Å². The quantitative estimate of drug-likeness (QED) is 0.844. The van der Waals surface area contributed by atoms with Crippen LogP contribution in [0.3, 0.4) is 0 Å². The molecule has 0 radical (unpaired) electrons. The number of hydrogen-bond donors (Lipinski definition) is 1. The average Bonchev–Trinajstić information content (AvgIpc) is 2.60. The summed E-state index contributed by atoms with van der Waals surface area (Å²) >= 11 is 0. The van der Waals surface area contributed by atoms with E-state index in [0.29, 0.717) is 43.4 Å². The molecule has 0 bridgehead atoms. The van der Waals surface area contributed by atoms with Crippen LogP contribution in [-0.2, 0) is 4.79 Å². The van der Waals surface area contributed by atoms with Crippen LogP contribution < -0.4 is 15.2 Å². The van der Waals surface area contributed by atoms with Gasteiger partial charge in [-0.15, -0.1) is 0 Å². The van der Waals surface area contributed by atoms with Gasteiger partial charge in [-0.3, -0.25) is 14.5 Å². The number of fused-ring (bicyclic) bond motifs is 1. The van der Waals surface area contributed by atoms with Gasteiger partial charge in [0, 0.05) is 11.5 Å². The molecular weight excluding hydrogens is 296 g/mol. The largest absolute Gasteiger partial charge is 0.486 e. The van der Waals surface area contributed by atoms with Crippen LogP contribution in [0.2, 0.25) is 0 Å². The van der Waals surface area contributed by atoms with E-state index in [2.05, 4.69) is 0 Å². The lowest BCUT2D eigenvalue weighted by Crippen LogP contribution is -2.47. The molecule has 3 rings (SSSR count). The Kier molecular flexibility index (Phi) is 4.52. The van der Waals surface area contributed by atoms with E-state index in [1.54, 1.807) is 18.2 Å². The molecule has 2 heterocycles. The van der Waals surface area contributed by atoms with Crippen molar-refractivity contribution in [2.75, 3.05) is 26.3 Å². The Labute approximate surface area is 135 Å². The van der Waals surface area contributed by atoms with Crippen LogP contribution in [0.15, 0.2) is 18.2 Å². The number of carbonyl (C=O) groups is 2. The third kappa shape index (κ3) is 3.32. The average molecular weight is 318 g/mol. The molecule has 1 atom stereocenters. The number of nitrogens with zero attached hydrogens (tertiary/aromatic N) is 1. The molecule has 2 N–H and O–H groups in total. The molecule has 6 heteroatoms. The van der Waals surface area contributed by atoms with Crippen molar-refractivity contribution in [2.45, 2.75) is 25.8 Å². The number of carbonyl (C=O) groups excluding carboxylic acids is 2. The van der Waals surface area contributed by atoms with Crippen LogP contribution >= 0.6 is 0 Å². The van der Waals surface area contributed by atoms with Gasteiger partial charge in [0.2, 0.25) is 5.91 Å². The van der Waals surface area contributed by atoms with Crippen molar-refractivity contribution in [3.05, 3.63) is 23.8 Å². The normalized spacial score (nSPS) is 20.0. The highest BCUT2D eigenvalue weighted by Crippen LogP contribution is 2.32. The Balaban J connectivity index is 1.64. The third-order valence-electron chi connectivity index (χ3n) is 4.69. The highest BCUT2D eigenvalue weighted by Gasteiger charge is 2.29. The fraction of sp³-hybridized carbons (Fsp3) is 0.529. The van der Waals surface area contributed by atoms with E-state index >= 15 is 0 Å². The summed E-state index contributed by atoms with van der Waals surface area (Å²) in [4.78, 5) is 26.0. The molecule has 0 saturated carbocycles. The van der Waals surface area contributed by atoms with Crippen molar-refractivity contribution in [3.8, 4) is 11.5 Å². The minimum Gasteiger partial charge on any atom is -0.486 e. The maximum atomic E-state index is 12.7. The Morgan fingerprint density at radius 1 is 1.17 bits per heavy atom. The molecule has 0 unspecified atom stereocenters. The summed E-state index contributed by atoms with van der Waals surface area (Å²) in [5.74, 6) is 1.13. The Morgan fingerprint density at radius 3 is 2.48 bits per heavy atom.